The van der Waals surface area contributed by atoms with Crippen LogP contribution in [0.3, 0.4) is 0 Å². The summed E-state index contributed by atoms with van der Waals surface area (Å²) in [6.45, 7) is 3.84. The molecule has 0 saturated heterocycles. The zero-order valence-corrected chi connectivity index (χ0v) is 14.3. The van der Waals surface area contributed by atoms with Crippen LogP contribution in [0, 0.1) is 0 Å². The molecule has 2 atom stereocenters. The Balaban J connectivity index is 2.25. The highest BCUT2D eigenvalue weighted by Crippen LogP contribution is 2.26. The van der Waals surface area contributed by atoms with Crippen molar-refractivity contribution in [3.05, 3.63) is 48.0 Å². The lowest BCUT2D eigenvalue weighted by atomic mass is 10.1. The summed E-state index contributed by atoms with van der Waals surface area (Å²) in [5, 5.41) is 19.8. The molecule has 0 bridgehead atoms. The third-order valence-electron chi connectivity index (χ3n) is 3.95. The van der Waals surface area contributed by atoms with Gasteiger partial charge >= 0.3 is 0 Å². The number of nitrogens with zero attached hydrogens (tertiary/aromatic N) is 2. The molecule has 24 heavy (non-hydrogen) atoms. The smallest absolute Gasteiger partial charge is 0.126 e. The van der Waals surface area contributed by atoms with Gasteiger partial charge in [0.15, 0.2) is 0 Å². The minimum Gasteiger partial charge on any atom is -0.399 e. The van der Waals surface area contributed by atoms with Gasteiger partial charge in [0.05, 0.1) is 0 Å². The van der Waals surface area contributed by atoms with Gasteiger partial charge in [0, 0.05) is 36.3 Å². The van der Waals surface area contributed by atoms with Gasteiger partial charge in [-0.05, 0) is 55.8 Å². The molecule has 0 fully saturated rings. The first kappa shape index (κ1) is 17.9. The largest absolute Gasteiger partial charge is 0.399 e. The van der Waals surface area contributed by atoms with E-state index in [1.807, 2.05) is 42.3 Å². The fraction of sp³-hybridized carbons (Fsp3) is 0.333. The standard InChI is InChI=1S/C18H26N4O2/c1-12(23)22(13(2)24)17-6-4-5-16(10-17)21(3)11-14-9-15(19)7-8-18(14)20/h4-10,12-13,23-24H,11,19-20H2,1-3H3. The average molecular weight is 330 g/mol. The third kappa shape index (κ3) is 4.10. The highest BCUT2D eigenvalue weighted by molar-refractivity contribution is 5.61. The maximum Gasteiger partial charge on any atom is 0.126 e. The van der Waals surface area contributed by atoms with Crippen LogP contribution < -0.4 is 21.3 Å². The number of anilines is 4. The number of hydrogen-bond donors (Lipinski definition) is 4. The van der Waals surface area contributed by atoms with Crippen molar-refractivity contribution in [1.29, 1.82) is 0 Å². The Kier molecular flexibility index (Phi) is 5.54. The first-order valence-corrected chi connectivity index (χ1v) is 7.89. The SMILES string of the molecule is CC(O)N(c1cccc(N(C)Cc2cc(N)ccc2N)c1)C(C)O. The Morgan fingerprint density at radius 2 is 1.58 bits per heavy atom. The lowest BCUT2D eigenvalue weighted by Gasteiger charge is -2.31. The number of benzene rings is 2. The van der Waals surface area contributed by atoms with Crippen LogP contribution in [0.15, 0.2) is 42.5 Å². The van der Waals surface area contributed by atoms with Gasteiger partial charge in [-0.2, -0.15) is 0 Å². The van der Waals surface area contributed by atoms with E-state index in [1.54, 1.807) is 26.0 Å². The molecule has 6 N–H and O–H groups in total. The molecule has 0 aliphatic rings. The van der Waals surface area contributed by atoms with Gasteiger partial charge in [-0.25, -0.2) is 0 Å². The minimum absolute atomic E-state index is 0.601. The lowest BCUT2D eigenvalue weighted by Crippen LogP contribution is -2.40. The van der Waals surface area contributed by atoms with Crippen molar-refractivity contribution in [3.63, 3.8) is 0 Å². The van der Waals surface area contributed by atoms with E-state index in [4.69, 9.17) is 11.5 Å². The van der Waals surface area contributed by atoms with E-state index < -0.39 is 12.5 Å². The molecule has 0 saturated carbocycles. The molecule has 2 unspecified atom stereocenters. The van der Waals surface area contributed by atoms with E-state index >= 15 is 0 Å². The van der Waals surface area contributed by atoms with Gasteiger partial charge in [0.2, 0.25) is 0 Å². The summed E-state index contributed by atoms with van der Waals surface area (Å²) < 4.78 is 0. The Labute approximate surface area is 142 Å². The van der Waals surface area contributed by atoms with E-state index in [0.29, 0.717) is 17.9 Å². The molecule has 0 radical (unpaired) electrons. The van der Waals surface area contributed by atoms with E-state index in [-0.39, 0.29) is 0 Å². The van der Waals surface area contributed by atoms with Crippen LogP contribution in [0.2, 0.25) is 0 Å². The Bertz CT molecular complexity index is 680. The van der Waals surface area contributed by atoms with Crippen LogP contribution >= 0.6 is 0 Å². The molecule has 0 spiro atoms. The Hall–Kier alpha value is -2.44. The number of nitrogens with two attached hydrogens (primary N) is 2. The minimum atomic E-state index is -0.796. The van der Waals surface area contributed by atoms with Gasteiger partial charge in [-0.1, -0.05) is 6.07 Å². The van der Waals surface area contributed by atoms with Crippen LogP contribution in [0.25, 0.3) is 0 Å². The topological polar surface area (TPSA) is 99.0 Å². The van der Waals surface area contributed by atoms with Crippen LogP contribution in [0.4, 0.5) is 22.7 Å². The fourth-order valence-corrected chi connectivity index (χ4v) is 2.74. The molecule has 6 heteroatoms. The van der Waals surface area contributed by atoms with Gasteiger partial charge in [0.25, 0.3) is 0 Å². The fourth-order valence-electron chi connectivity index (χ4n) is 2.74. The molecule has 0 aliphatic heterocycles. The molecular formula is C18H26N4O2. The predicted octanol–water partition coefficient (Wildman–Crippen LogP) is 1.97. The second kappa shape index (κ2) is 7.42. The summed E-state index contributed by atoms with van der Waals surface area (Å²) in [4.78, 5) is 3.57. The zero-order valence-electron chi connectivity index (χ0n) is 14.3. The van der Waals surface area contributed by atoms with Crippen LogP contribution in [0.1, 0.15) is 19.4 Å². The van der Waals surface area contributed by atoms with E-state index in [2.05, 4.69) is 0 Å². The van der Waals surface area contributed by atoms with Gasteiger partial charge in [-0.15, -0.1) is 0 Å². The molecule has 0 amide bonds. The molecule has 2 rings (SSSR count). The van der Waals surface area contributed by atoms with E-state index in [1.165, 1.54) is 4.90 Å². The molecule has 6 nitrogen and oxygen atoms in total. The Morgan fingerprint density at radius 1 is 0.958 bits per heavy atom. The van der Waals surface area contributed by atoms with Crippen molar-refractivity contribution in [3.8, 4) is 0 Å². The first-order chi connectivity index (χ1) is 11.3. The summed E-state index contributed by atoms with van der Waals surface area (Å²) in [7, 11) is 1.96. The normalized spacial score (nSPS) is 13.4. The average Bonchev–Trinajstić information content (AvgIpc) is 2.50. The highest BCUT2D eigenvalue weighted by atomic mass is 16.3. The highest BCUT2D eigenvalue weighted by Gasteiger charge is 2.17. The van der Waals surface area contributed by atoms with Crippen molar-refractivity contribution >= 4 is 22.7 Å². The molecule has 130 valence electrons. The third-order valence-corrected chi connectivity index (χ3v) is 3.95. The van der Waals surface area contributed by atoms with Crippen LogP contribution in [-0.4, -0.2) is 29.7 Å². The monoisotopic (exact) mass is 330 g/mol. The first-order valence-electron chi connectivity index (χ1n) is 7.89. The quantitative estimate of drug-likeness (QED) is 0.477. The second-order valence-electron chi connectivity index (χ2n) is 6.01. The Morgan fingerprint density at radius 3 is 2.21 bits per heavy atom. The number of hydrogen-bond acceptors (Lipinski definition) is 6. The molecule has 0 heterocycles. The van der Waals surface area contributed by atoms with Crippen molar-refractivity contribution in [2.45, 2.75) is 32.8 Å². The van der Waals surface area contributed by atoms with Crippen LogP contribution in [0.5, 0.6) is 0 Å². The number of nitrogen functional groups attached to an aromatic ring is 2. The summed E-state index contributed by atoms with van der Waals surface area (Å²) in [6.07, 6.45) is -1.59. The van der Waals surface area contributed by atoms with Crippen molar-refractivity contribution in [2.24, 2.45) is 0 Å². The lowest BCUT2D eigenvalue weighted by molar-refractivity contribution is 0.105. The van der Waals surface area contributed by atoms with Crippen molar-refractivity contribution < 1.29 is 10.2 Å². The van der Waals surface area contributed by atoms with Crippen molar-refractivity contribution in [2.75, 3.05) is 28.3 Å². The number of rotatable bonds is 6. The number of aliphatic hydroxyl groups is 2. The summed E-state index contributed by atoms with van der Waals surface area (Å²) in [5.74, 6) is 0. The van der Waals surface area contributed by atoms with Gasteiger partial charge < -0.3 is 31.5 Å². The van der Waals surface area contributed by atoms with Gasteiger partial charge in [-0.3, -0.25) is 0 Å². The second-order valence-corrected chi connectivity index (χ2v) is 6.01. The van der Waals surface area contributed by atoms with E-state index in [0.717, 1.165) is 16.9 Å². The zero-order chi connectivity index (χ0) is 17.9. The summed E-state index contributed by atoms with van der Waals surface area (Å²) in [5.41, 5.74) is 15.9. The maximum absolute atomic E-state index is 9.89. The summed E-state index contributed by atoms with van der Waals surface area (Å²) in [6, 6.07) is 13.1. The van der Waals surface area contributed by atoms with Gasteiger partial charge in [0.1, 0.15) is 12.5 Å². The van der Waals surface area contributed by atoms with Crippen molar-refractivity contribution in [1.82, 2.24) is 0 Å². The number of aliphatic hydroxyl groups excluding tert-OH is 2. The molecule has 0 aliphatic carbocycles. The molecule has 2 aromatic rings. The molecular weight excluding hydrogens is 304 g/mol. The predicted molar refractivity (Wildman–Crippen MR) is 99.7 cm³/mol. The summed E-state index contributed by atoms with van der Waals surface area (Å²) >= 11 is 0. The molecule has 0 aromatic heterocycles. The molecule has 2 aromatic carbocycles. The maximum atomic E-state index is 9.89. The van der Waals surface area contributed by atoms with E-state index in [9.17, 15) is 10.2 Å². The van der Waals surface area contributed by atoms with Crippen LogP contribution in [-0.2, 0) is 6.54 Å².